The van der Waals surface area contributed by atoms with Gasteiger partial charge in [0, 0.05) is 36.1 Å². The molecule has 1 aliphatic heterocycles. The topological polar surface area (TPSA) is 96.6 Å². The van der Waals surface area contributed by atoms with E-state index < -0.39 is 0 Å². The number of rotatable bonds is 2. The molecule has 7 nitrogen and oxygen atoms in total. The van der Waals surface area contributed by atoms with Gasteiger partial charge in [-0.05, 0) is 44.9 Å². The maximum Gasteiger partial charge on any atom is 0.225 e. The minimum absolute atomic E-state index is 0.439. The Morgan fingerprint density at radius 2 is 1.79 bits per heavy atom. The standard InChI is InChI=1S/C17H21N7/c1-10-9-11(2)20-17(19-10)24-7-5-12(6-8-24)14-4-3-13-15(18)22-23-16(13)21-14/h3-4,9,12H,5-8H2,1-2H3,(H3,18,21,22,23). The van der Waals surface area contributed by atoms with Crippen molar-refractivity contribution in [1.82, 2.24) is 25.1 Å². The summed E-state index contributed by atoms with van der Waals surface area (Å²) in [5, 5.41) is 7.84. The third-order valence-electron chi connectivity index (χ3n) is 4.64. The van der Waals surface area contributed by atoms with Gasteiger partial charge in [-0.2, -0.15) is 5.10 Å². The molecule has 7 heteroatoms. The molecule has 0 atom stereocenters. The molecule has 3 aromatic rings. The zero-order valence-electron chi connectivity index (χ0n) is 14.0. The number of fused-ring (bicyclic) bond motifs is 1. The SMILES string of the molecule is Cc1cc(C)nc(N2CCC(c3ccc4c(N)[nH]nc4n3)CC2)n1. The van der Waals surface area contributed by atoms with E-state index in [9.17, 15) is 0 Å². The van der Waals surface area contributed by atoms with Crippen molar-refractivity contribution < 1.29 is 0 Å². The molecule has 0 spiro atoms. The van der Waals surface area contributed by atoms with E-state index in [0.717, 1.165) is 54.3 Å². The zero-order chi connectivity index (χ0) is 16.7. The predicted octanol–water partition coefficient (Wildman–Crippen LogP) is 2.33. The van der Waals surface area contributed by atoms with Crippen LogP contribution in [0.2, 0.25) is 0 Å². The van der Waals surface area contributed by atoms with Crippen LogP contribution in [0.3, 0.4) is 0 Å². The van der Waals surface area contributed by atoms with Gasteiger partial charge < -0.3 is 10.6 Å². The van der Waals surface area contributed by atoms with Crippen molar-refractivity contribution in [1.29, 1.82) is 0 Å². The van der Waals surface area contributed by atoms with E-state index in [4.69, 9.17) is 5.73 Å². The third-order valence-corrected chi connectivity index (χ3v) is 4.64. The van der Waals surface area contributed by atoms with E-state index in [1.807, 2.05) is 26.0 Å². The van der Waals surface area contributed by atoms with Crippen LogP contribution >= 0.6 is 0 Å². The fourth-order valence-corrected chi connectivity index (χ4v) is 3.38. The molecule has 0 unspecified atom stereocenters. The first kappa shape index (κ1) is 14.9. The third kappa shape index (κ3) is 2.66. The maximum atomic E-state index is 5.83. The number of H-pyrrole nitrogens is 1. The molecule has 4 rings (SSSR count). The number of aromatic nitrogens is 5. The highest BCUT2D eigenvalue weighted by Crippen LogP contribution is 2.30. The van der Waals surface area contributed by atoms with E-state index in [2.05, 4.69) is 36.1 Å². The monoisotopic (exact) mass is 323 g/mol. The van der Waals surface area contributed by atoms with Crippen molar-refractivity contribution in [3.8, 4) is 0 Å². The van der Waals surface area contributed by atoms with E-state index in [1.165, 1.54) is 0 Å². The number of nitrogens with two attached hydrogens (primary N) is 1. The summed E-state index contributed by atoms with van der Waals surface area (Å²) in [6.45, 7) is 5.91. The number of anilines is 2. The molecule has 1 aliphatic rings. The van der Waals surface area contributed by atoms with Crippen LogP contribution in [0.4, 0.5) is 11.8 Å². The number of piperidine rings is 1. The van der Waals surface area contributed by atoms with Gasteiger partial charge in [0.15, 0.2) is 5.65 Å². The quantitative estimate of drug-likeness (QED) is 0.751. The molecule has 1 fully saturated rings. The number of hydrogen-bond donors (Lipinski definition) is 2. The minimum atomic E-state index is 0.439. The highest BCUT2D eigenvalue weighted by Gasteiger charge is 2.24. The lowest BCUT2D eigenvalue weighted by Gasteiger charge is -2.32. The molecule has 1 saturated heterocycles. The molecule has 0 saturated carbocycles. The Morgan fingerprint density at radius 1 is 1.08 bits per heavy atom. The lowest BCUT2D eigenvalue weighted by Crippen LogP contribution is -2.34. The van der Waals surface area contributed by atoms with Crippen LogP contribution in [-0.2, 0) is 0 Å². The van der Waals surface area contributed by atoms with Crippen molar-refractivity contribution in [3.05, 3.63) is 35.3 Å². The summed E-state index contributed by atoms with van der Waals surface area (Å²) in [6, 6.07) is 6.09. The Balaban J connectivity index is 1.50. The van der Waals surface area contributed by atoms with Gasteiger partial charge in [-0.1, -0.05) is 0 Å². The average molecular weight is 323 g/mol. The van der Waals surface area contributed by atoms with Crippen LogP contribution in [-0.4, -0.2) is 38.2 Å². The molecule has 0 amide bonds. The highest BCUT2D eigenvalue weighted by molar-refractivity contribution is 5.85. The largest absolute Gasteiger partial charge is 0.384 e. The maximum absolute atomic E-state index is 5.83. The molecule has 0 aromatic carbocycles. The molecule has 0 bridgehead atoms. The molecule has 4 heterocycles. The second-order valence-corrected chi connectivity index (χ2v) is 6.46. The molecule has 124 valence electrons. The molecule has 0 radical (unpaired) electrons. The normalized spacial score (nSPS) is 16.0. The van der Waals surface area contributed by atoms with Crippen LogP contribution in [0.15, 0.2) is 18.2 Å². The first-order valence-corrected chi connectivity index (χ1v) is 8.28. The summed E-state index contributed by atoms with van der Waals surface area (Å²) in [6.07, 6.45) is 2.07. The summed E-state index contributed by atoms with van der Waals surface area (Å²) in [4.78, 5) is 16.1. The number of nitrogens with one attached hydrogen (secondary N) is 1. The van der Waals surface area contributed by atoms with Crippen molar-refractivity contribution >= 4 is 22.8 Å². The van der Waals surface area contributed by atoms with Crippen molar-refractivity contribution in [2.45, 2.75) is 32.6 Å². The van der Waals surface area contributed by atoms with E-state index in [1.54, 1.807) is 0 Å². The molecule has 3 aromatic heterocycles. The minimum Gasteiger partial charge on any atom is -0.384 e. The van der Waals surface area contributed by atoms with Crippen LogP contribution in [0.5, 0.6) is 0 Å². The summed E-state index contributed by atoms with van der Waals surface area (Å²) < 4.78 is 0. The summed E-state index contributed by atoms with van der Waals surface area (Å²) >= 11 is 0. The van der Waals surface area contributed by atoms with E-state index >= 15 is 0 Å². The molecular weight excluding hydrogens is 302 g/mol. The Bertz CT molecular complexity index is 858. The molecule has 3 N–H and O–H groups in total. The van der Waals surface area contributed by atoms with Gasteiger partial charge in [0.05, 0.1) is 5.39 Å². The van der Waals surface area contributed by atoms with Gasteiger partial charge in [0.25, 0.3) is 0 Å². The summed E-state index contributed by atoms with van der Waals surface area (Å²) in [5.41, 5.74) is 9.66. The Kier molecular flexibility index (Phi) is 3.55. The highest BCUT2D eigenvalue weighted by atomic mass is 15.3. The van der Waals surface area contributed by atoms with Crippen molar-refractivity contribution in [3.63, 3.8) is 0 Å². The average Bonchev–Trinajstić information content (AvgIpc) is 2.95. The zero-order valence-corrected chi connectivity index (χ0v) is 14.0. The molecule has 24 heavy (non-hydrogen) atoms. The second-order valence-electron chi connectivity index (χ2n) is 6.46. The van der Waals surface area contributed by atoms with Crippen molar-refractivity contribution in [2.75, 3.05) is 23.7 Å². The lowest BCUT2D eigenvalue weighted by molar-refractivity contribution is 0.491. The number of aryl methyl sites for hydroxylation is 2. The number of aromatic amines is 1. The fourth-order valence-electron chi connectivity index (χ4n) is 3.38. The second kappa shape index (κ2) is 5.74. The van der Waals surface area contributed by atoms with E-state index in [-0.39, 0.29) is 0 Å². The van der Waals surface area contributed by atoms with Crippen LogP contribution in [0.25, 0.3) is 11.0 Å². The lowest BCUT2D eigenvalue weighted by atomic mass is 9.93. The van der Waals surface area contributed by atoms with Crippen LogP contribution in [0.1, 0.15) is 35.8 Å². The number of nitrogen functional groups attached to an aromatic ring is 1. The first-order chi connectivity index (χ1) is 11.6. The Hall–Kier alpha value is -2.70. The number of pyridine rings is 1. The Morgan fingerprint density at radius 3 is 2.50 bits per heavy atom. The molecular formula is C17H21N7. The first-order valence-electron chi connectivity index (χ1n) is 8.28. The van der Waals surface area contributed by atoms with Gasteiger partial charge >= 0.3 is 0 Å². The number of nitrogens with zero attached hydrogens (tertiary/aromatic N) is 5. The van der Waals surface area contributed by atoms with Gasteiger partial charge in [-0.3, -0.25) is 5.10 Å². The molecule has 0 aliphatic carbocycles. The van der Waals surface area contributed by atoms with E-state index in [0.29, 0.717) is 17.4 Å². The smallest absolute Gasteiger partial charge is 0.225 e. The fraction of sp³-hybridized carbons (Fsp3) is 0.412. The van der Waals surface area contributed by atoms with Gasteiger partial charge in [-0.25, -0.2) is 15.0 Å². The van der Waals surface area contributed by atoms with Crippen molar-refractivity contribution in [2.24, 2.45) is 0 Å². The number of hydrogen-bond acceptors (Lipinski definition) is 6. The summed E-state index contributed by atoms with van der Waals surface area (Å²) in [5.74, 6) is 1.86. The van der Waals surface area contributed by atoms with Crippen LogP contribution < -0.4 is 10.6 Å². The van der Waals surface area contributed by atoms with Crippen LogP contribution in [0, 0.1) is 13.8 Å². The summed E-state index contributed by atoms with van der Waals surface area (Å²) in [7, 11) is 0. The van der Waals surface area contributed by atoms with Gasteiger partial charge in [0.2, 0.25) is 5.95 Å². The van der Waals surface area contributed by atoms with Gasteiger partial charge in [-0.15, -0.1) is 0 Å². The predicted molar refractivity (Wildman–Crippen MR) is 94.0 cm³/mol. The van der Waals surface area contributed by atoms with Gasteiger partial charge in [0.1, 0.15) is 5.82 Å². The Labute approximate surface area is 140 Å².